The number of nitrogens with one attached hydrogen (secondary N) is 1. The summed E-state index contributed by atoms with van der Waals surface area (Å²) in [7, 11) is -3.51. The summed E-state index contributed by atoms with van der Waals surface area (Å²) >= 11 is 0. The number of hydrogen-bond donors (Lipinski definition) is 1. The number of aromatic nitrogens is 1. The van der Waals surface area contributed by atoms with Gasteiger partial charge in [0.15, 0.2) is 9.84 Å². The maximum absolute atomic E-state index is 13.5. The van der Waals surface area contributed by atoms with Gasteiger partial charge in [0.25, 0.3) is 5.91 Å². The number of carbonyl (C=O) groups is 1. The van der Waals surface area contributed by atoms with Gasteiger partial charge in [0, 0.05) is 26.2 Å². The van der Waals surface area contributed by atoms with Crippen molar-refractivity contribution in [2.24, 2.45) is 5.41 Å². The van der Waals surface area contributed by atoms with E-state index in [0.717, 1.165) is 44.8 Å². The van der Waals surface area contributed by atoms with Gasteiger partial charge in [0.05, 0.1) is 42.1 Å². The summed E-state index contributed by atoms with van der Waals surface area (Å²) in [5, 5.41) is 2.43. The monoisotopic (exact) mass is 526 g/mol. The smallest absolute Gasteiger partial charge is 0.258 e. The number of morpholine rings is 1. The topological polar surface area (TPSA) is 101 Å². The van der Waals surface area contributed by atoms with Gasteiger partial charge in [0.1, 0.15) is 16.9 Å². The van der Waals surface area contributed by atoms with Gasteiger partial charge in [-0.3, -0.25) is 4.79 Å². The summed E-state index contributed by atoms with van der Waals surface area (Å²) in [4.78, 5) is 22.8. The Labute approximate surface area is 218 Å². The van der Waals surface area contributed by atoms with Crippen LogP contribution < -0.4 is 15.1 Å². The first-order valence-corrected chi connectivity index (χ1v) is 14.7. The number of amides is 1. The lowest BCUT2D eigenvalue weighted by Crippen LogP contribution is -2.41. The first-order valence-electron chi connectivity index (χ1n) is 13.2. The summed E-state index contributed by atoms with van der Waals surface area (Å²) < 4.78 is 37.0. The van der Waals surface area contributed by atoms with E-state index < -0.39 is 15.1 Å². The van der Waals surface area contributed by atoms with E-state index in [-0.39, 0.29) is 30.1 Å². The highest BCUT2D eigenvalue weighted by Crippen LogP contribution is 2.54. The standard InChI is InChI=1S/C27H34N4O5S/c1-19-16-31(13-14-36-19)25-4-2-3-24(28-25)29-26(32)22-6-5-20(37(33,34)21-17-35-18-21)15-23(22)30-11-9-27(7-8-27)10-12-30/h2-6,15,19,21H,7-14,16-18H2,1H3,(H,28,29,32)/t19-/m1/s1. The van der Waals surface area contributed by atoms with Gasteiger partial charge < -0.3 is 24.6 Å². The molecule has 1 saturated carbocycles. The van der Waals surface area contributed by atoms with Crippen LogP contribution in [0.3, 0.4) is 0 Å². The molecule has 4 heterocycles. The highest BCUT2D eigenvalue weighted by molar-refractivity contribution is 7.92. The number of carbonyl (C=O) groups excluding carboxylic acids is 1. The van der Waals surface area contributed by atoms with Crippen molar-refractivity contribution in [3.63, 3.8) is 0 Å². The average molecular weight is 527 g/mol. The van der Waals surface area contributed by atoms with Crippen LogP contribution in [0, 0.1) is 5.41 Å². The molecule has 198 valence electrons. The Kier molecular flexibility index (Phi) is 6.37. The molecule has 3 aliphatic heterocycles. The summed E-state index contributed by atoms with van der Waals surface area (Å²) in [5.41, 5.74) is 1.60. The molecule has 37 heavy (non-hydrogen) atoms. The van der Waals surface area contributed by atoms with Gasteiger partial charge in [0.2, 0.25) is 0 Å². The van der Waals surface area contributed by atoms with E-state index >= 15 is 0 Å². The lowest BCUT2D eigenvalue weighted by Gasteiger charge is -2.35. The van der Waals surface area contributed by atoms with Crippen LogP contribution in [0.4, 0.5) is 17.3 Å². The number of ether oxygens (including phenoxy) is 2. The van der Waals surface area contributed by atoms with E-state index in [1.54, 1.807) is 24.3 Å². The Balaban J connectivity index is 1.27. The minimum atomic E-state index is -3.51. The molecule has 1 amide bonds. The molecular weight excluding hydrogens is 492 g/mol. The molecule has 1 aromatic carbocycles. The highest BCUT2D eigenvalue weighted by Gasteiger charge is 2.45. The van der Waals surface area contributed by atoms with Crippen LogP contribution in [-0.2, 0) is 19.3 Å². The minimum absolute atomic E-state index is 0.122. The number of sulfone groups is 1. The fourth-order valence-corrected chi connectivity index (χ4v) is 6.97. The Morgan fingerprint density at radius 3 is 2.51 bits per heavy atom. The number of piperidine rings is 1. The maximum Gasteiger partial charge on any atom is 0.258 e. The number of anilines is 3. The molecule has 6 rings (SSSR count). The van der Waals surface area contributed by atoms with Crippen molar-refractivity contribution in [3.8, 4) is 0 Å². The third kappa shape index (κ3) is 4.94. The molecule has 1 aliphatic carbocycles. The van der Waals surface area contributed by atoms with Crippen molar-refractivity contribution in [1.29, 1.82) is 0 Å². The summed E-state index contributed by atoms with van der Waals surface area (Å²) in [6, 6.07) is 10.5. The second-order valence-corrected chi connectivity index (χ2v) is 13.1. The van der Waals surface area contributed by atoms with Gasteiger partial charge in [-0.05, 0) is 68.4 Å². The van der Waals surface area contributed by atoms with Gasteiger partial charge in [-0.25, -0.2) is 13.4 Å². The predicted octanol–water partition coefficient (Wildman–Crippen LogP) is 3.11. The molecule has 4 fully saturated rings. The lowest BCUT2D eigenvalue weighted by atomic mass is 9.93. The third-order valence-electron chi connectivity index (χ3n) is 8.25. The van der Waals surface area contributed by atoms with Crippen molar-refractivity contribution >= 4 is 33.1 Å². The van der Waals surface area contributed by atoms with E-state index in [1.807, 2.05) is 19.1 Å². The van der Waals surface area contributed by atoms with E-state index in [4.69, 9.17) is 9.47 Å². The Morgan fingerprint density at radius 1 is 1.05 bits per heavy atom. The zero-order valence-electron chi connectivity index (χ0n) is 21.2. The highest BCUT2D eigenvalue weighted by atomic mass is 32.2. The third-order valence-corrected chi connectivity index (χ3v) is 10.3. The zero-order chi connectivity index (χ0) is 25.6. The largest absolute Gasteiger partial charge is 0.379 e. The number of nitrogens with zero attached hydrogens (tertiary/aromatic N) is 3. The molecule has 1 N–H and O–H groups in total. The Morgan fingerprint density at radius 2 is 1.84 bits per heavy atom. The number of rotatable bonds is 6. The van der Waals surface area contributed by atoms with E-state index in [0.29, 0.717) is 29.1 Å². The fourth-order valence-electron chi connectivity index (χ4n) is 5.51. The van der Waals surface area contributed by atoms with Gasteiger partial charge in [-0.15, -0.1) is 0 Å². The van der Waals surface area contributed by atoms with Crippen molar-refractivity contribution in [1.82, 2.24) is 4.98 Å². The number of hydrogen-bond acceptors (Lipinski definition) is 8. The number of benzene rings is 1. The normalized spacial score (nSPS) is 23.5. The van der Waals surface area contributed by atoms with Crippen LogP contribution in [-0.4, -0.2) is 76.7 Å². The van der Waals surface area contributed by atoms with Crippen LogP contribution in [0.2, 0.25) is 0 Å². The first kappa shape index (κ1) is 24.6. The van der Waals surface area contributed by atoms with Crippen LogP contribution in [0.5, 0.6) is 0 Å². The Bertz CT molecular complexity index is 1280. The van der Waals surface area contributed by atoms with E-state index in [1.165, 1.54) is 12.8 Å². The lowest BCUT2D eigenvalue weighted by molar-refractivity contribution is 0.0416. The zero-order valence-corrected chi connectivity index (χ0v) is 22.0. The molecule has 0 unspecified atom stereocenters. The summed E-state index contributed by atoms with van der Waals surface area (Å²) in [6.45, 7) is 6.24. The quantitative estimate of drug-likeness (QED) is 0.613. The van der Waals surface area contributed by atoms with Crippen molar-refractivity contribution in [3.05, 3.63) is 42.0 Å². The van der Waals surface area contributed by atoms with Gasteiger partial charge in [-0.2, -0.15) is 0 Å². The molecule has 0 bridgehead atoms. The van der Waals surface area contributed by atoms with Gasteiger partial charge >= 0.3 is 0 Å². The molecule has 0 radical (unpaired) electrons. The maximum atomic E-state index is 13.5. The number of pyridine rings is 1. The van der Waals surface area contributed by atoms with Crippen molar-refractivity contribution in [2.45, 2.75) is 48.9 Å². The Hall–Kier alpha value is -2.69. The van der Waals surface area contributed by atoms with Crippen molar-refractivity contribution < 1.29 is 22.7 Å². The van der Waals surface area contributed by atoms with Crippen LogP contribution in [0.15, 0.2) is 41.3 Å². The molecule has 10 heteroatoms. The molecule has 1 spiro atoms. The molecule has 1 aromatic heterocycles. The predicted molar refractivity (Wildman–Crippen MR) is 141 cm³/mol. The SMILES string of the molecule is C[C@@H]1CN(c2cccc(NC(=O)c3ccc(S(=O)(=O)C4COC4)cc3N3CCC4(CC3)CC4)n2)CCO1. The summed E-state index contributed by atoms with van der Waals surface area (Å²) in [6.07, 6.45) is 4.81. The first-order chi connectivity index (χ1) is 17.8. The average Bonchev–Trinajstić information content (AvgIpc) is 3.61. The van der Waals surface area contributed by atoms with Crippen LogP contribution >= 0.6 is 0 Å². The van der Waals surface area contributed by atoms with Crippen LogP contribution in [0.1, 0.15) is 43.0 Å². The second-order valence-electron chi connectivity index (χ2n) is 10.8. The van der Waals surface area contributed by atoms with E-state index in [2.05, 4.69) is 20.1 Å². The van der Waals surface area contributed by atoms with Crippen molar-refractivity contribution in [2.75, 3.05) is 61.1 Å². The second kappa shape index (κ2) is 9.56. The molecule has 4 aliphatic rings. The van der Waals surface area contributed by atoms with Gasteiger partial charge in [-0.1, -0.05) is 6.07 Å². The molecule has 3 saturated heterocycles. The van der Waals surface area contributed by atoms with Crippen LogP contribution in [0.25, 0.3) is 0 Å². The van der Waals surface area contributed by atoms with E-state index in [9.17, 15) is 13.2 Å². The molecular formula is C27H34N4O5S. The molecule has 9 nitrogen and oxygen atoms in total. The minimum Gasteiger partial charge on any atom is -0.379 e. The fraction of sp³-hybridized carbons (Fsp3) is 0.556. The molecule has 1 atom stereocenters. The molecule has 2 aromatic rings. The summed E-state index contributed by atoms with van der Waals surface area (Å²) in [5.74, 6) is 0.965.